The molecule has 188 valence electrons. The van der Waals surface area contributed by atoms with Crippen molar-refractivity contribution in [2.75, 3.05) is 0 Å². The highest BCUT2D eigenvalue weighted by Crippen LogP contribution is 2.40. The molecule has 0 aliphatic heterocycles. The average molecular weight is 505 g/mol. The fraction of sp³-hybridized carbons (Fsp3) is 0.0571. The Balaban J connectivity index is 1.71. The van der Waals surface area contributed by atoms with E-state index in [2.05, 4.69) is 143 Å². The third-order valence-electron chi connectivity index (χ3n) is 7.61. The Morgan fingerprint density at radius 3 is 2.08 bits per heavy atom. The van der Waals surface area contributed by atoms with Crippen LogP contribution in [-0.2, 0) is 7.05 Å². The van der Waals surface area contributed by atoms with E-state index in [-0.39, 0.29) is 0 Å². The minimum atomic E-state index is 0.899. The van der Waals surface area contributed by atoms with E-state index in [1.807, 2.05) is 6.08 Å². The highest BCUT2D eigenvalue weighted by atomic mass is 15.2. The number of aromatic nitrogens is 4. The van der Waals surface area contributed by atoms with Gasteiger partial charge in [-0.25, -0.2) is 4.98 Å². The van der Waals surface area contributed by atoms with Crippen LogP contribution in [-0.4, -0.2) is 18.7 Å². The highest BCUT2D eigenvalue weighted by molar-refractivity contribution is 6.18. The van der Waals surface area contributed by atoms with Gasteiger partial charge in [0.15, 0.2) is 5.65 Å². The fourth-order valence-electron chi connectivity index (χ4n) is 5.82. The van der Waals surface area contributed by atoms with Gasteiger partial charge in [-0.3, -0.25) is 9.13 Å². The van der Waals surface area contributed by atoms with Crippen molar-refractivity contribution in [3.8, 4) is 11.4 Å². The molecule has 39 heavy (non-hydrogen) atoms. The first-order chi connectivity index (χ1) is 19.2. The molecule has 0 fully saturated rings. The second-order valence-corrected chi connectivity index (χ2v) is 9.75. The molecule has 0 bridgehead atoms. The van der Waals surface area contributed by atoms with Crippen LogP contribution >= 0.6 is 0 Å². The number of imidazole rings is 1. The molecule has 0 N–H and O–H groups in total. The molecule has 4 heteroatoms. The summed E-state index contributed by atoms with van der Waals surface area (Å²) >= 11 is 0. The Morgan fingerprint density at radius 1 is 0.718 bits per heavy atom. The number of para-hydroxylation sites is 3. The summed E-state index contributed by atoms with van der Waals surface area (Å²) in [5, 5.41) is 3.67. The molecule has 0 saturated heterocycles. The van der Waals surface area contributed by atoms with E-state index in [1.165, 1.54) is 27.2 Å². The Hall–Kier alpha value is -5.09. The molecule has 7 aromatic rings. The average Bonchev–Trinajstić information content (AvgIpc) is 3.60. The van der Waals surface area contributed by atoms with Gasteiger partial charge in [-0.15, -0.1) is 0 Å². The van der Waals surface area contributed by atoms with Crippen LogP contribution < -0.4 is 0 Å². The molecule has 4 nitrogen and oxygen atoms in total. The fourth-order valence-corrected chi connectivity index (χ4v) is 5.82. The van der Waals surface area contributed by atoms with Gasteiger partial charge < -0.3 is 4.57 Å². The number of nitrogens with zero attached hydrogens (tertiary/aromatic N) is 4. The van der Waals surface area contributed by atoms with Crippen molar-refractivity contribution in [1.82, 2.24) is 18.7 Å². The first-order valence-electron chi connectivity index (χ1n) is 13.2. The maximum Gasteiger partial charge on any atom is 0.165 e. The maximum atomic E-state index is 5.35. The molecular weight excluding hydrogens is 476 g/mol. The normalized spacial score (nSPS) is 12.5. The van der Waals surface area contributed by atoms with Crippen molar-refractivity contribution >= 4 is 49.4 Å². The summed E-state index contributed by atoms with van der Waals surface area (Å²) in [6.45, 7) is 5.93. The van der Waals surface area contributed by atoms with E-state index in [4.69, 9.17) is 4.98 Å². The topological polar surface area (TPSA) is 27.7 Å². The number of allylic oxidation sites excluding steroid dienone is 5. The molecule has 0 amide bonds. The monoisotopic (exact) mass is 504 g/mol. The summed E-state index contributed by atoms with van der Waals surface area (Å²) in [6, 6.07) is 34.4. The molecule has 0 saturated carbocycles. The zero-order valence-electron chi connectivity index (χ0n) is 22.0. The van der Waals surface area contributed by atoms with Gasteiger partial charge in [0, 0.05) is 45.7 Å². The lowest BCUT2D eigenvalue weighted by Crippen LogP contribution is -2.00. The molecule has 0 radical (unpaired) electrons. The van der Waals surface area contributed by atoms with E-state index in [9.17, 15) is 0 Å². The predicted octanol–water partition coefficient (Wildman–Crippen LogP) is 8.76. The predicted molar refractivity (Wildman–Crippen MR) is 165 cm³/mol. The van der Waals surface area contributed by atoms with Gasteiger partial charge in [-0.05, 0) is 49.4 Å². The SMILES string of the molecule is C=C/C=C\C(=C/C)c1nc2c(c3cc4c5ccccc5n(C)c4cc3n2-c2ccccc2)n1-c1ccccc1. The molecule has 0 aliphatic rings. The largest absolute Gasteiger partial charge is 0.344 e. The Kier molecular flexibility index (Phi) is 5.34. The molecular formula is C35H28N4. The van der Waals surface area contributed by atoms with E-state index in [0.29, 0.717) is 0 Å². The summed E-state index contributed by atoms with van der Waals surface area (Å²) in [5.74, 6) is 0.899. The van der Waals surface area contributed by atoms with Gasteiger partial charge in [-0.1, -0.05) is 85.5 Å². The molecule has 0 unspecified atom stereocenters. The molecule has 0 aliphatic carbocycles. The van der Waals surface area contributed by atoms with E-state index in [1.54, 1.807) is 6.08 Å². The molecule has 4 aromatic carbocycles. The van der Waals surface area contributed by atoms with Crippen LogP contribution in [0.15, 0.2) is 128 Å². The number of aryl methyl sites for hydroxylation is 1. The third kappa shape index (κ3) is 3.42. The Bertz CT molecular complexity index is 2080. The minimum absolute atomic E-state index is 0.899. The van der Waals surface area contributed by atoms with Crippen LogP contribution in [0, 0.1) is 0 Å². The maximum absolute atomic E-state index is 5.35. The van der Waals surface area contributed by atoms with Gasteiger partial charge in [-0.2, -0.15) is 0 Å². The van der Waals surface area contributed by atoms with Crippen molar-refractivity contribution < 1.29 is 0 Å². The van der Waals surface area contributed by atoms with Crippen molar-refractivity contribution in [3.05, 3.63) is 134 Å². The molecule has 7 rings (SSSR count). The molecule has 0 spiro atoms. The molecule has 0 atom stereocenters. The van der Waals surface area contributed by atoms with Crippen LogP contribution in [0.25, 0.3) is 60.8 Å². The van der Waals surface area contributed by atoms with Crippen molar-refractivity contribution in [1.29, 1.82) is 0 Å². The van der Waals surface area contributed by atoms with E-state index >= 15 is 0 Å². The van der Waals surface area contributed by atoms with Gasteiger partial charge in [0.05, 0.1) is 11.0 Å². The minimum Gasteiger partial charge on any atom is -0.344 e. The zero-order valence-corrected chi connectivity index (χ0v) is 22.0. The summed E-state index contributed by atoms with van der Waals surface area (Å²) < 4.78 is 6.89. The number of fused-ring (bicyclic) bond motifs is 6. The number of benzene rings is 4. The number of rotatable bonds is 5. The van der Waals surface area contributed by atoms with Gasteiger partial charge >= 0.3 is 0 Å². The Labute approximate surface area is 227 Å². The van der Waals surface area contributed by atoms with Crippen LogP contribution in [0.4, 0.5) is 0 Å². The van der Waals surface area contributed by atoms with Gasteiger partial charge in [0.25, 0.3) is 0 Å². The second-order valence-electron chi connectivity index (χ2n) is 9.75. The van der Waals surface area contributed by atoms with Crippen LogP contribution in [0.3, 0.4) is 0 Å². The van der Waals surface area contributed by atoms with Crippen molar-refractivity contribution in [2.24, 2.45) is 7.05 Å². The van der Waals surface area contributed by atoms with Gasteiger partial charge in [0.2, 0.25) is 0 Å². The first kappa shape index (κ1) is 23.1. The summed E-state index contributed by atoms with van der Waals surface area (Å²) in [7, 11) is 2.15. The second kappa shape index (κ2) is 9.03. The van der Waals surface area contributed by atoms with E-state index in [0.717, 1.165) is 39.5 Å². The summed E-state index contributed by atoms with van der Waals surface area (Å²) in [6.07, 6.45) is 7.95. The standard InChI is InChI=1S/C35H28N4/c1-4-6-15-24(5-2)34-36-35-33(39(34)26-18-11-8-12-19-26)29-22-28-27-20-13-14-21-30(27)37(3)31(28)23-32(29)38(35)25-16-9-7-10-17-25/h4-23H,1H2,2-3H3/b15-6-,24-5+. The Morgan fingerprint density at radius 2 is 1.38 bits per heavy atom. The van der Waals surface area contributed by atoms with Gasteiger partial charge in [0.1, 0.15) is 11.3 Å². The van der Waals surface area contributed by atoms with Crippen molar-refractivity contribution in [2.45, 2.75) is 6.92 Å². The van der Waals surface area contributed by atoms with Crippen LogP contribution in [0.1, 0.15) is 12.7 Å². The van der Waals surface area contributed by atoms with Crippen LogP contribution in [0.5, 0.6) is 0 Å². The highest BCUT2D eigenvalue weighted by Gasteiger charge is 2.24. The lowest BCUT2D eigenvalue weighted by Gasteiger charge is -2.11. The number of hydrogen-bond donors (Lipinski definition) is 0. The number of hydrogen-bond acceptors (Lipinski definition) is 1. The van der Waals surface area contributed by atoms with Crippen LogP contribution in [0.2, 0.25) is 0 Å². The lowest BCUT2D eigenvalue weighted by atomic mass is 10.1. The summed E-state index contributed by atoms with van der Waals surface area (Å²) in [5.41, 5.74) is 8.79. The third-order valence-corrected chi connectivity index (χ3v) is 7.61. The quantitative estimate of drug-likeness (QED) is 0.215. The smallest absolute Gasteiger partial charge is 0.165 e. The van der Waals surface area contributed by atoms with E-state index < -0.39 is 0 Å². The lowest BCUT2D eigenvalue weighted by molar-refractivity contribution is 1.01. The summed E-state index contributed by atoms with van der Waals surface area (Å²) in [4.78, 5) is 5.35. The van der Waals surface area contributed by atoms with Crippen molar-refractivity contribution in [3.63, 3.8) is 0 Å². The molecule has 3 aromatic heterocycles. The first-order valence-corrected chi connectivity index (χ1v) is 13.2. The molecule has 3 heterocycles. The zero-order chi connectivity index (χ0) is 26.5.